The number of amides is 1. The maximum Gasteiger partial charge on any atom is 0.223 e. The lowest BCUT2D eigenvalue weighted by molar-refractivity contribution is -0.117. The highest BCUT2D eigenvalue weighted by molar-refractivity contribution is 6.30. The Morgan fingerprint density at radius 1 is 1.15 bits per heavy atom. The standard InChI is InChI=1S/C21H25ClN4O/c1-3-11-25(12-4-2)17-6-5-13-26-18(14-19(23)27)20(24-21(17)26)15-7-9-16(22)10-8-15/h5-10,13H,3-4,11-12,14H2,1-2H3,(H2,23,27). The number of fused-ring (bicyclic) bond motifs is 1. The van der Waals surface area contributed by atoms with Gasteiger partial charge in [0.25, 0.3) is 0 Å². The molecule has 0 aliphatic rings. The highest BCUT2D eigenvalue weighted by Gasteiger charge is 2.19. The summed E-state index contributed by atoms with van der Waals surface area (Å²) in [6.45, 7) is 6.27. The van der Waals surface area contributed by atoms with E-state index in [4.69, 9.17) is 22.3 Å². The lowest BCUT2D eigenvalue weighted by atomic mass is 10.1. The second-order valence-corrected chi connectivity index (χ2v) is 7.07. The van der Waals surface area contributed by atoms with E-state index < -0.39 is 0 Å². The molecule has 0 unspecified atom stereocenters. The molecule has 0 fully saturated rings. The molecule has 2 heterocycles. The highest BCUT2D eigenvalue weighted by Crippen LogP contribution is 2.30. The van der Waals surface area contributed by atoms with Gasteiger partial charge in [-0.05, 0) is 37.1 Å². The Balaban J connectivity index is 2.21. The van der Waals surface area contributed by atoms with E-state index in [1.165, 1.54) is 0 Å². The monoisotopic (exact) mass is 384 g/mol. The molecule has 2 aromatic heterocycles. The lowest BCUT2D eigenvalue weighted by Crippen LogP contribution is -2.25. The number of hydrogen-bond acceptors (Lipinski definition) is 3. The molecule has 27 heavy (non-hydrogen) atoms. The predicted molar refractivity (Wildman–Crippen MR) is 111 cm³/mol. The summed E-state index contributed by atoms with van der Waals surface area (Å²) in [7, 11) is 0. The van der Waals surface area contributed by atoms with Gasteiger partial charge < -0.3 is 15.0 Å². The van der Waals surface area contributed by atoms with Gasteiger partial charge in [0.1, 0.15) is 0 Å². The van der Waals surface area contributed by atoms with Crippen molar-refractivity contribution in [3.8, 4) is 11.3 Å². The minimum atomic E-state index is -0.378. The quantitative estimate of drug-likeness (QED) is 0.629. The second-order valence-electron chi connectivity index (χ2n) is 6.63. The molecule has 6 heteroatoms. The normalized spacial score (nSPS) is 11.1. The third-order valence-electron chi connectivity index (χ3n) is 4.52. The van der Waals surface area contributed by atoms with E-state index in [1.54, 1.807) is 0 Å². The topological polar surface area (TPSA) is 63.6 Å². The van der Waals surface area contributed by atoms with Crippen LogP contribution >= 0.6 is 11.6 Å². The number of primary amides is 1. The van der Waals surface area contributed by atoms with Gasteiger partial charge in [0, 0.05) is 29.9 Å². The van der Waals surface area contributed by atoms with Gasteiger partial charge >= 0.3 is 0 Å². The van der Waals surface area contributed by atoms with Crippen molar-refractivity contribution in [2.45, 2.75) is 33.1 Å². The van der Waals surface area contributed by atoms with Crippen molar-refractivity contribution >= 4 is 28.8 Å². The molecule has 0 spiro atoms. The van der Waals surface area contributed by atoms with Crippen LogP contribution in [0, 0.1) is 0 Å². The van der Waals surface area contributed by atoms with Crippen LogP contribution in [0.5, 0.6) is 0 Å². The molecule has 142 valence electrons. The van der Waals surface area contributed by atoms with Gasteiger partial charge in [-0.2, -0.15) is 0 Å². The summed E-state index contributed by atoms with van der Waals surface area (Å²) in [5.74, 6) is -0.378. The van der Waals surface area contributed by atoms with Crippen LogP contribution in [-0.4, -0.2) is 28.4 Å². The summed E-state index contributed by atoms with van der Waals surface area (Å²) < 4.78 is 1.99. The SMILES string of the molecule is CCCN(CCC)c1cccn2c(CC(N)=O)c(-c3ccc(Cl)cc3)nc12. The molecule has 0 radical (unpaired) electrons. The Hall–Kier alpha value is -2.53. The largest absolute Gasteiger partial charge is 0.369 e. The third kappa shape index (κ3) is 4.08. The van der Waals surface area contributed by atoms with Crippen molar-refractivity contribution in [1.82, 2.24) is 9.38 Å². The van der Waals surface area contributed by atoms with Crippen LogP contribution in [-0.2, 0) is 11.2 Å². The van der Waals surface area contributed by atoms with Crippen LogP contribution in [0.4, 0.5) is 5.69 Å². The number of benzene rings is 1. The summed E-state index contributed by atoms with van der Waals surface area (Å²) in [6, 6.07) is 11.6. The van der Waals surface area contributed by atoms with E-state index in [2.05, 4.69) is 24.8 Å². The van der Waals surface area contributed by atoms with E-state index in [-0.39, 0.29) is 12.3 Å². The van der Waals surface area contributed by atoms with Crippen LogP contribution in [0.25, 0.3) is 16.9 Å². The van der Waals surface area contributed by atoms with Gasteiger partial charge in [0.15, 0.2) is 5.65 Å². The zero-order valence-corrected chi connectivity index (χ0v) is 16.5. The first-order valence-electron chi connectivity index (χ1n) is 9.34. The van der Waals surface area contributed by atoms with E-state index in [0.717, 1.165) is 54.2 Å². The number of nitrogens with zero attached hydrogens (tertiary/aromatic N) is 3. The van der Waals surface area contributed by atoms with Crippen LogP contribution in [0.1, 0.15) is 32.4 Å². The van der Waals surface area contributed by atoms with E-state index >= 15 is 0 Å². The molecule has 3 rings (SSSR count). The zero-order chi connectivity index (χ0) is 19.4. The first-order chi connectivity index (χ1) is 13.0. The van der Waals surface area contributed by atoms with Crippen LogP contribution < -0.4 is 10.6 Å². The number of pyridine rings is 1. The molecule has 0 aliphatic carbocycles. The number of nitrogens with two attached hydrogens (primary N) is 1. The molecule has 1 amide bonds. The minimum Gasteiger partial charge on any atom is -0.369 e. The van der Waals surface area contributed by atoms with E-state index in [9.17, 15) is 4.79 Å². The summed E-state index contributed by atoms with van der Waals surface area (Å²) in [5, 5.41) is 0.664. The van der Waals surface area contributed by atoms with Crippen molar-refractivity contribution < 1.29 is 4.79 Å². The maximum absolute atomic E-state index is 11.7. The first kappa shape index (κ1) is 19.2. The number of rotatable bonds is 8. The number of aromatic nitrogens is 2. The van der Waals surface area contributed by atoms with Crippen molar-refractivity contribution in [2.24, 2.45) is 5.73 Å². The number of anilines is 1. The number of carbonyl (C=O) groups is 1. The molecule has 5 nitrogen and oxygen atoms in total. The molecular formula is C21H25ClN4O. The molecule has 3 aromatic rings. The summed E-state index contributed by atoms with van der Waals surface area (Å²) >= 11 is 6.03. The zero-order valence-electron chi connectivity index (χ0n) is 15.8. The van der Waals surface area contributed by atoms with Gasteiger partial charge in [-0.3, -0.25) is 4.79 Å². The molecule has 2 N–H and O–H groups in total. The smallest absolute Gasteiger partial charge is 0.223 e. The van der Waals surface area contributed by atoms with Crippen LogP contribution in [0.3, 0.4) is 0 Å². The van der Waals surface area contributed by atoms with Gasteiger partial charge in [-0.15, -0.1) is 0 Å². The average molecular weight is 385 g/mol. The van der Waals surface area contributed by atoms with Gasteiger partial charge in [-0.1, -0.05) is 37.6 Å². The fraction of sp³-hybridized carbons (Fsp3) is 0.333. The van der Waals surface area contributed by atoms with Gasteiger partial charge in [0.05, 0.1) is 23.5 Å². The first-order valence-corrected chi connectivity index (χ1v) is 9.72. The summed E-state index contributed by atoms with van der Waals surface area (Å²) in [5.41, 5.74) is 9.94. The van der Waals surface area contributed by atoms with Crippen molar-refractivity contribution in [3.05, 3.63) is 53.3 Å². The summed E-state index contributed by atoms with van der Waals surface area (Å²) in [6.07, 6.45) is 4.18. The highest BCUT2D eigenvalue weighted by atomic mass is 35.5. The molecule has 1 aromatic carbocycles. The fourth-order valence-electron chi connectivity index (χ4n) is 3.41. The number of imidazole rings is 1. The average Bonchev–Trinajstić information content (AvgIpc) is 3.00. The van der Waals surface area contributed by atoms with Gasteiger partial charge in [0.2, 0.25) is 5.91 Å². The molecule has 0 saturated carbocycles. The predicted octanol–water partition coefficient (Wildman–Crippen LogP) is 4.31. The van der Waals surface area contributed by atoms with Crippen LogP contribution in [0.2, 0.25) is 5.02 Å². The van der Waals surface area contributed by atoms with Crippen molar-refractivity contribution in [1.29, 1.82) is 0 Å². The van der Waals surface area contributed by atoms with E-state index in [0.29, 0.717) is 5.02 Å². The summed E-state index contributed by atoms with van der Waals surface area (Å²) in [4.78, 5) is 19.0. The van der Waals surface area contributed by atoms with Crippen LogP contribution in [0.15, 0.2) is 42.6 Å². The van der Waals surface area contributed by atoms with Crippen molar-refractivity contribution in [3.63, 3.8) is 0 Å². The number of hydrogen-bond donors (Lipinski definition) is 1. The van der Waals surface area contributed by atoms with E-state index in [1.807, 2.05) is 40.9 Å². The Labute approximate surface area is 164 Å². The Morgan fingerprint density at radius 2 is 1.81 bits per heavy atom. The molecule has 0 saturated heterocycles. The molecule has 0 aliphatic heterocycles. The molecule has 0 atom stereocenters. The molecule has 0 bridgehead atoms. The van der Waals surface area contributed by atoms with Gasteiger partial charge in [-0.25, -0.2) is 4.98 Å². The minimum absolute atomic E-state index is 0.129. The van der Waals surface area contributed by atoms with Crippen molar-refractivity contribution in [2.75, 3.05) is 18.0 Å². The Morgan fingerprint density at radius 3 is 2.41 bits per heavy atom. The molecular weight excluding hydrogens is 360 g/mol. The lowest BCUT2D eigenvalue weighted by Gasteiger charge is -2.24. The number of halogens is 1. The third-order valence-corrected chi connectivity index (χ3v) is 4.77. The maximum atomic E-state index is 11.7. The number of carbonyl (C=O) groups excluding carboxylic acids is 1. The Bertz CT molecular complexity index is 927. The second kappa shape index (κ2) is 8.44. The fourth-order valence-corrected chi connectivity index (χ4v) is 3.54. The Kier molecular flexibility index (Phi) is 6.01.